The third-order valence-corrected chi connectivity index (χ3v) is 2.66. The summed E-state index contributed by atoms with van der Waals surface area (Å²) in [5.74, 6) is 2.24. The molecule has 0 atom stereocenters. The van der Waals surface area contributed by atoms with E-state index < -0.39 is 4.92 Å². The van der Waals surface area contributed by atoms with E-state index in [4.69, 9.17) is 6.42 Å². The van der Waals surface area contributed by atoms with Gasteiger partial charge in [-0.15, -0.1) is 6.42 Å². The molecule has 1 amide bonds. The van der Waals surface area contributed by atoms with Gasteiger partial charge in [0.1, 0.15) is 0 Å². The molecule has 19 heavy (non-hydrogen) atoms. The Balaban J connectivity index is 2.86. The molecule has 0 fully saturated rings. The van der Waals surface area contributed by atoms with Gasteiger partial charge in [0.05, 0.1) is 17.9 Å². The lowest BCUT2D eigenvalue weighted by Crippen LogP contribution is -2.33. The van der Waals surface area contributed by atoms with Crippen LogP contribution in [0.1, 0.15) is 18.9 Å². The number of carbonyl (C=O) groups excluding carboxylic acids is 1. The fraction of sp³-hybridized carbons (Fsp3) is 0.357. The van der Waals surface area contributed by atoms with Crippen LogP contribution in [-0.2, 0) is 11.2 Å². The van der Waals surface area contributed by atoms with Gasteiger partial charge >= 0.3 is 0 Å². The van der Waals surface area contributed by atoms with Crippen LogP contribution in [0.3, 0.4) is 0 Å². The quantitative estimate of drug-likeness (QED) is 0.446. The summed E-state index contributed by atoms with van der Waals surface area (Å²) in [6, 6.07) is 6.25. The summed E-state index contributed by atoms with van der Waals surface area (Å²) in [6.45, 7) is 2.73. The first-order valence-corrected chi connectivity index (χ1v) is 6.03. The molecule has 1 aromatic carbocycles. The van der Waals surface area contributed by atoms with Crippen molar-refractivity contribution in [2.24, 2.45) is 0 Å². The number of terminal acetylenes is 1. The van der Waals surface area contributed by atoms with Crippen LogP contribution >= 0.6 is 0 Å². The maximum atomic E-state index is 12.1. The van der Waals surface area contributed by atoms with E-state index in [0.29, 0.717) is 12.1 Å². The summed E-state index contributed by atoms with van der Waals surface area (Å²) in [4.78, 5) is 24.0. The topological polar surface area (TPSA) is 63.5 Å². The fourth-order valence-corrected chi connectivity index (χ4v) is 1.79. The zero-order chi connectivity index (χ0) is 14.3. The summed E-state index contributed by atoms with van der Waals surface area (Å²) >= 11 is 0. The minimum Gasteiger partial charge on any atom is -0.331 e. The van der Waals surface area contributed by atoms with Gasteiger partial charge in [-0.2, -0.15) is 0 Å². The summed E-state index contributed by atoms with van der Waals surface area (Å²) < 4.78 is 0. The van der Waals surface area contributed by atoms with Gasteiger partial charge in [0.25, 0.3) is 5.69 Å². The number of carbonyl (C=O) groups is 1. The van der Waals surface area contributed by atoms with E-state index >= 15 is 0 Å². The molecule has 0 heterocycles. The Morgan fingerprint density at radius 2 is 2.16 bits per heavy atom. The number of nitro groups is 1. The average molecular weight is 260 g/mol. The SMILES string of the molecule is C#CCN(CCC)C(=O)Cc1ccccc1[N+](=O)[O-]. The molecule has 1 rings (SSSR count). The molecule has 0 saturated carbocycles. The number of hydrogen-bond acceptors (Lipinski definition) is 3. The number of nitrogens with zero attached hydrogens (tertiary/aromatic N) is 2. The van der Waals surface area contributed by atoms with Crippen molar-refractivity contribution in [2.45, 2.75) is 19.8 Å². The number of amides is 1. The highest BCUT2D eigenvalue weighted by molar-refractivity contribution is 5.80. The fourth-order valence-electron chi connectivity index (χ4n) is 1.79. The zero-order valence-corrected chi connectivity index (χ0v) is 10.8. The molecule has 0 spiro atoms. The van der Waals surface area contributed by atoms with Gasteiger partial charge < -0.3 is 4.90 Å². The molecule has 0 saturated heterocycles. The number of para-hydroxylation sites is 1. The molecule has 1 aromatic rings. The molecule has 0 N–H and O–H groups in total. The summed E-state index contributed by atoms with van der Waals surface area (Å²) in [6.07, 6.45) is 6.01. The minimum atomic E-state index is -0.478. The summed E-state index contributed by atoms with van der Waals surface area (Å²) in [5, 5.41) is 10.9. The molecule has 5 nitrogen and oxygen atoms in total. The maximum absolute atomic E-state index is 12.1. The standard InChI is InChI=1S/C14H16N2O3/c1-3-9-15(10-4-2)14(17)11-12-7-5-6-8-13(12)16(18)19/h1,5-8H,4,9-11H2,2H3. The van der Waals surface area contributed by atoms with Crippen LogP contribution in [-0.4, -0.2) is 28.8 Å². The van der Waals surface area contributed by atoms with Gasteiger partial charge in [0.15, 0.2) is 0 Å². The molecule has 5 heteroatoms. The smallest absolute Gasteiger partial charge is 0.273 e. The van der Waals surface area contributed by atoms with Gasteiger partial charge in [0.2, 0.25) is 5.91 Å². The summed E-state index contributed by atoms with van der Waals surface area (Å²) in [7, 11) is 0. The summed E-state index contributed by atoms with van der Waals surface area (Å²) in [5.41, 5.74) is 0.378. The molecule has 100 valence electrons. The Kier molecular flexibility index (Phi) is 5.55. The Morgan fingerprint density at radius 1 is 1.47 bits per heavy atom. The van der Waals surface area contributed by atoms with Crippen LogP contribution < -0.4 is 0 Å². The van der Waals surface area contributed by atoms with Crippen LogP contribution in [0.4, 0.5) is 5.69 Å². The third kappa shape index (κ3) is 4.11. The van der Waals surface area contributed by atoms with E-state index in [0.717, 1.165) is 6.42 Å². The van der Waals surface area contributed by atoms with Crippen molar-refractivity contribution in [2.75, 3.05) is 13.1 Å². The maximum Gasteiger partial charge on any atom is 0.273 e. The lowest BCUT2D eigenvalue weighted by Gasteiger charge is -2.19. The van der Waals surface area contributed by atoms with Crippen molar-refractivity contribution in [3.63, 3.8) is 0 Å². The second kappa shape index (κ2) is 7.17. The third-order valence-electron chi connectivity index (χ3n) is 2.66. The van der Waals surface area contributed by atoms with Crippen LogP contribution in [0.5, 0.6) is 0 Å². The number of rotatable bonds is 6. The molecule has 0 aromatic heterocycles. The van der Waals surface area contributed by atoms with E-state index in [1.807, 2.05) is 6.92 Å². The average Bonchev–Trinajstić information content (AvgIpc) is 2.38. The second-order valence-electron chi connectivity index (χ2n) is 4.08. The zero-order valence-electron chi connectivity index (χ0n) is 10.8. The van der Waals surface area contributed by atoms with E-state index in [2.05, 4.69) is 5.92 Å². The van der Waals surface area contributed by atoms with E-state index in [9.17, 15) is 14.9 Å². The van der Waals surface area contributed by atoms with Gasteiger partial charge in [-0.1, -0.05) is 31.0 Å². The first kappa shape index (κ1) is 14.7. The van der Waals surface area contributed by atoms with Crippen molar-refractivity contribution in [1.82, 2.24) is 4.90 Å². The number of benzene rings is 1. The Hall–Kier alpha value is -2.35. The first-order valence-electron chi connectivity index (χ1n) is 6.03. The minimum absolute atomic E-state index is 0.00116. The van der Waals surface area contributed by atoms with Crippen molar-refractivity contribution < 1.29 is 9.72 Å². The monoisotopic (exact) mass is 260 g/mol. The van der Waals surface area contributed by atoms with Gasteiger partial charge in [-0.3, -0.25) is 14.9 Å². The Morgan fingerprint density at radius 3 is 2.74 bits per heavy atom. The molecular formula is C14H16N2O3. The number of hydrogen-bond donors (Lipinski definition) is 0. The van der Waals surface area contributed by atoms with Crippen molar-refractivity contribution in [1.29, 1.82) is 0 Å². The van der Waals surface area contributed by atoms with Gasteiger partial charge in [0, 0.05) is 18.2 Å². The predicted molar refractivity (Wildman–Crippen MR) is 72.5 cm³/mol. The van der Waals surface area contributed by atoms with Crippen molar-refractivity contribution >= 4 is 11.6 Å². The van der Waals surface area contributed by atoms with Gasteiger partial charge in [-0.05, 0) is 6.42 Å². The highest BCUT2D eigenvalue weighted by Gasteiger charge is 2.18. The largest absolute Gasteiger partial charge is 0.331 e. The molecule has 0 radical (unpaired) electrons. The van der Waals surface area contributed by atoms with Crippen LogP contribution in [0, 0.1) is 22.5 Å². The second-order valence-corrected chi connectivity index (χ2v) is 4.08. The molecule has 0 aliphatic carbocycles. The van der Waals surface area contributed by atoms with E-state index in [1.165, 1.54) is 11.0 Å². The Bertz CT molecular complexity index is 506. The molecular weight excluding hydrogens is 244 g/mol. The normalized spacial score (nSPS) is 9.68. The van der Waals surface area contributed by atoms with E-state index in [1.54, 1.807) is 18.2 Å². The van der Waals surface area contributed by atoms with Gasteiger partial charge in [-0.25, -0.2) is 0 Å². The highest BCUT2D eigenvalue weighted by atomic mass is 16.6. The van der Waals surface area contributed by atoms with Crippen molar-refractivity contribution in [3.8, 4) is 12.3 Å². The predicted octanol–water partition coefficient (Wildman–Crippen LogP) is 2.01. The van der Waals surface area contributed by atoms with Crippen LogP contribution in [0.25, 0.3) is 0 Å². The molecule has 0 aliphatic heterocycles. The Labute approximate surface area is 112 Å². The first-order chi connectivity index (χ1) is 9.10. The van der Waals surface area contributed by atoms with Crippen LogP contribution in [0.2, 0.25) is 0 Å². The molecule has 0 aliphatic rings. The highest BCUT2D eigenvalue weighted by Crippen LogP contribution is 2.18. The number of nitro benzene ring substituents is 1. The lowest BCUT2D eigenvalue weighted by molar-refractivity contribution is -0.385. The van der Waals surface area contributed by atoms with Crippen LogP contribution in [0.15, 0.2) is 24.3 Å². The molecule has 0 unspecified atom stereocenters. The van der Waals surface area contributed by atoms with Crippen molar-refractivity contribution in [3.05, 3.63) is 39.9 Å². The van der Waals surface area contributed by atoms with E-state index in [-0.39, 0.29) is 24.6 Å². The molecule has 0 bridgehead atoms. The lowest BCUT2D eigenvalue weighted by atomic mass is 10.1.